The van der Waals surface area contributed by atoms with Crippen molar-refractivity contribution in [2.24, 2.45) is 14.1 Å². The molecule has 1 aliphatic heterocycles. The summed E-state index contributed by atoms with van der Waals surface area (Å²) in [5.74, 6) is 0. The average Bonchev–Trinajstić information content (AvgIpc) is 2.64. The van der Waals surface area contributed by atoms with E-state index in [0.29, 0.717) is 43.3 Å². The molecular weight excluding hydrogens is 380 g/mol. The molecule has 0 unspecified atom stereocenters. The molecule has 2 heterocycles. The van der Waals surface area contributed by atoms with Gasteiger partial charge in [0.05, 0.1) is 4.90 Å². The third kappa shape index (κ3) is 3.82. The molecule has 1 fully saturated rings. The molecule has 0 spiro atoms. The van der Waals surface area contributed by atoms with Gasteiger partial charge in [0.2, 0.25) is 10.0 Å². The fraction of sp³-hybridized carbons (Fsp3) is 0.474. The standard InChI is InChI=1S/C19H26N4O4S/c1-14-5-6-17(15(2)11-14)28(26,27)23-9-7-22(8-10-23)13-16-12-18(24)21(4)19(25)20(16)3/h5-6,11-12H,7-10,13H2,1-4H3. The van der Waals surface area contributed by atoms with Crippen LogP contribution < -0.4 is 11.2 Å². The van der Waals surface area contributed by atoms with Crippen molar-refractivity contribution in [1.82, 2.24) is 18.3 Å². The largest absolute Gasteiger partial charge is 0.330 e. The van der Waals surface area contributed by atoms with E-state index in [2.05, 4.69) is 4.90 Å². The zero-order valence-electron chi connectivity index (χ0n) is 16.7. The Labute approximate surface area is 164 Å². The summed E-state index contributed by atoms with van der Waals surface area (Å²) in [5, 5.41) is 0. The number of piperazine rings is 1. The van der Waals surface area contributed by atoms with Gasteiger partial charge < -0.3 is 0 Å². The van der Waals surface area contributed by atoms with E-state index in [1.165, 1.54) is 22.0 Å². The van der Waals surface area contributed by atoms with E-state index in [1.807, 2.05) is 26.0 Å². The quantitative estimate of drug-likeness (QED) is 0.725. The Balaban J connectivity index is 1.73. The molecule has 0 radical (unpaired) electrons. The maximum atomic E-state index is 13.0. The fourth-order valence-electron chi connectivity index (χ4n) is 3.51. The molecule has 0 N–H and O–H groups in total. The van der Waals surface area contributed by atoms with Crippen molar-refractivity contribution in [2.75, 3.05) is 26.2 Å². The second-order valence-corrected chi connectivity index (χ2v) is 9.23. The van der Waals surface area contributed by atoms with Crippen LogP contribution in [0.3, 0.4) is 0 Å². The maximum Gasteiger partial charge on any atom is 0.330 e. The zero-order valence-corrected chi connectivity index (χ0v) is 17.5. The molecule has 0 aliphatic carbocycles. The van der Waals surface area contributed by atoms with Gasteiger partial charge in [0.15, 0.2) is 0 Å². The van der Waals surface area contributed by atoms with Crippen LogP contribution >= 0.6 is 0 Å². The number of benzene rings is 1. The maximum absolute atomic E-state index is 13.0. The topological polar surface area (TPSA) is 84.6 Å². The summed E-state index contributed by atoms with van der Waals surface area (Å²) in [7, 11) is -0.448. The van der Waals surface area contributed by atoms with Crippen LogP contribution in [0.4, 0.5) is 0 Å². The molecule has 2 aromatic rings. The summed E-state index contributed by atoms with van der Waals surface area (Å²) in [6, 6.07) is 6.81. The van der Waals surface area contributed by atoms with Crippen molar-refractivity contribution in [3.05, 3.63) is 61.9 Å². The van der Waals surface area contributed by atoms with Gasteiger partial charge in [0, 0.05) is 58.6 Å². The third-order valence-electron chi connectivity index (χ3n) is 5.29. The molecule has 9 heteroatoms. The highest BCUT2D eigenvalue weighted by Gasteiger charge is 2.29. The molecule has 0 amide bonds. The minimum atomic E-state index is -3.53. The second kappa shape index (κ2) is 7.65. The summed E-state index contributed by atoms with van der Waals surface area (Å²) >= 11 is 0. The summed E-state index contributed by atoms with van der Waals surface area (Å²) in [6.07, 6.45) is 0. The van der Waals surface area contributed by atoms with Crippen LogP contribution in [0.2, 0.25) is 0 Å². The van der Waals surface area contributed by atoms with E-state index >= 15 is 0 Å². The van der Waals surface area contributed by atoms with Gasteiger partial charge in [0.1, 0.15) is 0 Å². The van der Waals surface area contributed by atoms with Gasteiger partial charge in [-0.15, -0.1) is 0 Å². The normalized spacial score (nSPS) is 16.4. The predicted octanol–water partition coefficient (Wildman–Crippen LogP) is 0.207. The smallest absolute Gasteiger partial charge is 0.299 e. The Morgan fingerprint density at radius 1 is 0.929 bits per heavy atom. The first-order chi connectivity index (χ1) is 13.1. The molecule has 0 bridgehead atoms. The van der Waals surface area contributed by atoms with Crippen molar-refractivity contribution < 1.29 is 8.42 Å². The number of hydrogen-bond acceptors (Lipinski definition) is 5. The van der Waals surface area contributed by atoms with Crippen LogP contribution in [0, 0.1) is 13.8 Å². The first-order valence-corrected chi connectivity index (χ1v) is 10.6. The third-order valence-corrected chi connectivity index (χ3v) is 7.35. The van der Waals surface area contributed by atoms with Crippen LogP contribution in [0.5, 0.6) is 0 Å². The molecule has 3 rings (SSSR count). The highest BCUT2D eigenvalue weighted by molar-refractivity contribution is 7.89. The molecule has 0 saturated carbocycles. The Kier molecular flexibility index (Phi) is 5.60. The van der Waals surface area contributed by atoms with Crippen LogP contribution in [-0.4, -0.2) is 52.9 Å². The minimum absolute atomic E-state index is 0.339. The van der Waals surface area contributed by atoms with Gasteiger partial charge in [-0.25, -0.2) is 13.2 Å². The van der Waals surface area contributed by atoms with Crippen LogP contribution in [0.1, 0.15) is 16.8 Å². The number of aryl methyl sites for hydroxylation is 2. The lowest BCUT2D eigenvalue weighted by atomic mass is 10.2. The zero-order chi connectivity index (χ0) is 20.6. The number of hydrogen-bond donors (Lipinski definition) is 0. The Morgan fingerprint density at radius 3 is 2.18 bits per heavy atom. The van der Waals surface area contributed by atoms with Crippen LogP contribution in [0.15, 0.2) is 38.8 Å². The molecule has 8 nitrogen and oxygen atoms in total. The van der Waals surface area contributed by atoms with Crippen molar-refractivity contribution in [2.45, 2.75) is 25.3 Å². The van der Waals surface area contributed by atoms with Crippen molar-refractivity contribution in [3.8, 4) is 0 Å². The molecule has 1 aromatic heterocycles. The van der Waals surface area contributed by atoms with Crippen LogP contribution in [-0.2, 0) is 30.7 Å². The highest BCUT2D eigenvalue weighted by Crippen LogP contribution is 2.22. The summed E-state index contributed by atoms with van der Waals surface area (Å²) in [4.78, 5) is 26.4. The van der Waals surface area contributed by atoms with E-state index in [0.717, 1.165) is 15.7 Å². The van der Waals surface area contributed by atoms with E-state index in [4.69, 9.17) is 0 Å². The number of rotatable bonds is 4. The van der Waals surface area contributed by atoms with E-state index in [9.17, 15) is 18.0 Å². The predicted molar refractivity (Wildman–Crippen MR) is 107 cm³/mol. The number of aromatic nitrogens is 2. The van der Waals surface area contributed by atoms with Crippen LogP contribution in [0.25, 0.3) is 0 Å². The van der Waals surface area contributed by atoms with Gasteiger partial charge in [-0.1, -0.05) is 17.7 Å². The summed E-state index contributed by atoms with van der Waals surface area (Å²) in [5.41, 5.74) is 1.70. The van der Waals surface area contributed by atoms with Crippen molar-refractivity contribution in [1.29, 1.82) is 0 Å². The van der Waals surface area contributed by atoms with E-state index in [-0.39, 0.29) is 11.2 Å². The Hall–Kier alpha value is -2.23. The van der Waals surface area contributed by atoms with Gasteiger partial charge in [0.25, 0.3) is 5.56 Å². The average molecular weight is 407 g/mol. The highest BCUT2D eigenvalue weighted by atomic mass is 32.2. The summed E-state index contributed by atoms with van der Waals surface area (Å²) in [6.45, 7) is 5.99. The number of sulfonamides is 1. The van der Waals surface area contributed by atoms with Gasteiger partial charge >= 0.3 is 5.69 Å². The summed E-state index contributed by atoms with van der Waals surface area (Å²) < 4.78 is 30.0. The molecule has 1 aliphatic rings. The van der Waals surface area contributed by atoms with Gasteiger partial charge in [-0.3, -0.25) is 18.8 Å². The van der Waals surface area contributed by atoms with Gasteiger partial charge in [-0.05, 0) is 25.5 Å². The first kappa shape index (κ1) is 20.5. The Bertz CT molecular complexity index is 1110. The van der Waals surface area contributed by atoms with E-state index < -0.39 is 10.0 Å². The number of nitrogens with zero attached hydrogens (tertiary/aromatic N) is 4. The molecule has 1 aromatic carbocycles. The molecular formula is C19H26N4O4S. The van der Waals surface area contributed by atoms with Crippen molar-refractivity contribution in [3.63, 3.8) is 0 Å². The molecule has 0 atom stereocenters. The molecule has 28 heavy (non-hydrogen) atoms. The monoisotopic (exact) mass is 406 g/mol. The lowest BCUT2D eigenvalue weighted by molar-refractivity contribution is 0.177. The Morgan fingerprint density at radius 2 is 1.57 bits per heavy atom. The van der Waals surface area contributed by atoms with E-state index in [1.54, 1.807) is 13.1 Å². The minimum Gasteiger partial charge on any atom is -0.299 e. The fourth-order valence-corrected chi connectivity index (χ4v) is 5.14. The lowest BCUT2D eigenvalue weighted by Gasteiger charge is -2.34. The first-order valence-electron chi connectivity index (χ1n) is 9.17. The lowest BCUT2D eigenvalue weighted by Crippen LogP contribution is -2.49. The SMILES string of the molecule is Cc1ccc(S(=O)(=O)N2CCN(Cc3cc(=O)n(C)c(=O)n3C)CC2)c(C)c1. The molecule has 152 valence electrons. The molecule has 1 saturated heterocycles. The van der Waals surface area contributed by atoms with Gasteiger partial charge in [-0.2, -0.15) is 4.31 Å². The van der Waals surface area contributed by atoms with Crippen molar-refractivity contribution >= 4 is 10.0 Å². The second-order valence-electron chi connectivity index (χ2n) is 7.32.